The molecule has 2 aromatic heterocycles. The van der Waals surface area contributed by atoms with Crippen molar-refractivity contribution >= 4 is 34.7 Å². The number of amides is 2. The van der Waals surface area contributed by atoms with Gasteiger partial charge < -0.3 is 36.5 Å². The van der Waals surface area contributed by atoms with Gasteiger partial charge in [0.2, 0.25) is 11.8 Å². The Balaban J connectivity index is 1.67. The summed E-state index contributed by atoms with van der Waals surface area (Å²) >= 11 is 0. The summed E-state index contributed by atoms with van der Waals surface area (Å²) in [5, 5.41) is 24.2. The van der Waals surface area contributed by atoms with Gasteiger partial charge in [0.25, 0.3) is 0 Å². The molecule has 3 aromatic rings. The van der Waals surface area contributed by atoms with Crippen LogP contribution in [0.15, 0.2) is 43.0 Å². The maximum Gasteiger partial charge on any atom is 0.326 e. The van der Waals surface area contributed by atoms with Gasteiger partial charge in [0, 0.05) is 41.8 Å². The molecule has 0 unspecified atom stereocenters. The lowest BCUT2D eigenvalue weighted by Crippen LogP contribution is -2.55. The molecule has 2 heterocycles. The molecule has 8 N–H and O–H groups in total. The van der Waals surface area contributed by atoms with Crippen molar-refractivity contribution in [2.75, 3.05) is 0 Å². The molecule has 0 fully saturated rings. The van der Waals surface area contributed by atoms with Gasteiger partial charge in [0.05, 0.1) is 12.4 Å². The van der Waals surface area contributed by atoms with Gasteiger partial charge in [-0.25, -0.2) is 9.78 Å². The third-order valence-corrected chi connectivity index (χ3v) is 5.32. The zero-order valence-corrected chi connectivity index (χ0v) is 18.2. The number of hydrogen-bond acceptors (Lipinski definition) is 6. The molecule has 0 aliphatic rings. The molecule has 34 heavy (non-hydrogen) atoms. The first-order chi connectivity index (χ1) is 16.2. The number of aromatic nitrogens is 3. The Labute approximate surface area is 193 Å². The maximum absolute atomic E-state index is 12.8. The standard InChI is InChI=1S/C22H26N6O6/c23-15(7-12-9-25-16-4-2-1-3-14(12)16)20(31)27-17(5-6-19(29)30)21(32)28-18(22(33)34)8-13-10-24-11-26-13/h1-4,9-11,15,17-18,25H,5-8,23H2,(H,24,26)(H,27,31)(H,28,32)(H,29,30)(H,33,34)/t15-,17-,18-/m0/s1. The topological polar surface area (TPSA) is 203 Å². The Kier molecular flexibility index (Phi) is 7.98. The van der Waals surface area contributed by atoms with Crippen LogP contribution in [-0.2, 0) is 32.0 Å². The molecule has 0 radical (unpaired) electrons. The highest BCUT2D eigenvalue weighted by Gasteiger charge is 2.29. The molecule has 0 bridgehead atoms. The van der Waals surface area contributed by atoms with Crippen molar-refractivity contribution in [3.63, 3.8) is 0 Å². The van der Waals surface area contributed by atoms with E-state index in [2.05, 4.69) is 25.6 Å². The van der Waals surface area contributed by atoms with E-state index in [0.29, 0.717) is 5.69 Å². The fraction of sp³-hybridized carbons (Fsp3) is 0.318. The highest BCUT2D eigenvalue weighted by Crippen LogP contribution is 2.18. The number of H-pyrrole nitrogens is 2. The Morgan fingerprint density at radius 3 is 2.41 bits per heavy atom. The lowest BCUT2D eigenvalue weighted by Gasteiger charge is -2.22. The summed E-state index contributed by atoms with van der Waals surface area (Å²) < 4.78 is 0. The lowest BCUT2D eigenvalue weighted by atomic mass is 10.0. The van der Waals surface area contributed by atoms with E-state index in [1.807, 2.05) is 24.3 Å². The molecular weight excluding hydrogens is 444 g/mol. The van der Waals surface area contributed by atoms with Crippen molar-refractivity contribution in [1.82, 2.24) is 25.6 Å². The molecule has 0 aliphatic heterocycles. The molecule has 3 atom stereocenters. The van der Waals surface area contributed by atoms with Gasteiger partial charge in [-0.1, -0.05) is 18.2 Å². The normalized spacial score (nSPS) is 13.7. The van der Waals surface area contributed by atoms with Crippen LogP contribution in [0.1, 0.15) is 24.1 Å². The van der Waals surface area contributed by atoms with Crippen LogP contribution in [-0.4, -0.2) is 67.0 Å². The third kappa shape index (κ3) is 6.42. The number of aromatic amines is 2. The predicted octanol–water partition coefficient (Wildman–Crippen LogP) is -0.0775. The van der Waals surface area contributed by atoms with Gasteiger partial charge in [0.1, 0.15) is 12.1 Å². The van der Waals surface area contributed by atoms with Crippen molar-refractivity contribution < 1.29 is 29.4 Å². The summed E-state index contributed by atoms with van der Waals surface area (Å²) in [5.74, 6) is -3.93. The van der Waals surface area contributed by atoms with E-state index in [4.69, 9.17) is 10.8 Å². The number of nitrogens with two attached hydrogens (primary N) is 1. The molecule has 0 saturated carbocycles. The fourth-order valence-electron chi connectivity index (χ4n) is 3.53. The Morgan fingerprint density at radius 1 is 1.00 bits per heavy atom. The molecule has 0 spiro atoms. The van der Waals surface area contributed by atoms with E-state index in [1.165, 1.54) is 12.5 Å². The SMILES string of the molecule is N[C@@H](Cc1c[nH]c2ccccc12)C(=O)N[C@@H](CCC(=O)O)C(=O)N[C@@H](Cc1cnc[nH]1)C(=O)O. The van der Waals surface area contributed by atoms with Crippen molar-refractivity contribution in [3.8, 4) is 0 Å². The molecule has 0 aliphatic carbocycles. The van der Waals surface area contributed by atoms with Gasteiger partial charge >= 0.3 is 11.9 Å². The van der Waals surface area contributed by atoms with E-state index < -0.39 is 48.3 Å². The number of fused-ring (bicyclic) bond motifs is 1. The molecule has 12 heteroatoms. The molecular formula is C22H26N6O6. The minimum atomic E-state index is -1.31. The number of carbonyl (C=O) groups excluding carboxylic acids is 2. The van der Waals surface area contributed by atoms with Gasteiger partial charge in [-0.2, -0.15) is 0 Å². The first-order valence-corrected chi connectivity index (χ1v) is 10.6. The van der Waals surface area contributed by atoms with Gasteiger partial charge in [-0.3, -0.25) is 14.4 Å². The number of benzene rings is 1. The lowest BCUT2D eigenvalue weighted by molar-refractivity contribution is -0.143. The minimum Gasteiger partial charge on any atom is -0.481 e. The van der Waals surface area contributed by atoms with Gasteiger partial charge in [-0.05, 0) is 24.5 Å². The second-order valence-electron chi connectivity index (χ2n) is 7.84. The first kappa shape index (κ1) is 24.5. The largest absolute Gasteiger partial charge is 0.481 e. The number of carboxylic acid groups (broad SMARTS) is 2. The smallest absolute Gasteiger partial charge is 0.326 e. The first-order valence-electron chi connectivity index (χ1n) is 10.6. The predicted molar refractivity (Wildman–Crippen MR) is 121 cm³/mol. The molecule has 0 saturated heterocycles. The maximum atomic E-state index is 12.8. The van der Waals surface area contributed by atoms with Crippen LogP contribution >= 0.6 is 0 Å². The zero-order chi connectivity index (χ0) is 24.7. The monoisotopic (exact) mass is 470 g/mol. The average Bonchev–Trinajstić information content (AvgIpc) is 3.46. The Morgan fingerprint density at radius 2 is 1.74 bits per heavy atom. The van der Waals surface area contributed by atoms with E-state index in [-0.39, 0.29) is 19.3 Å². The summed E-state index contributed by atoms with van der Waals surface area (Å²) in [6.07, 6.45) is 4.02. The van der Waals surface area contributed by atoms with Crippen LogP contribution in [0.4, 0.5) is 0 Å². The van der Waals surface area contributed by atoms with E-state index in [0.717, 1.165) is 16.5 Å². The number of nitrogens with zero attached hydrogens (tertiary/aromatic N) is 1. The summed E-state index contributed by atoms with van der Waals surface area (Å²) in [6.45, 7) is 0. The van der Waals surface area contributed by atoms with Crippen LogP contribution in [0.5, 0.6) is 0 Å². The molecule has 1 aromatic carbocycles. The molecule has 3 rings (SSSR count). The fourth-order valence-corrected chi connectivity index (χ4v) is 3.53. The van der Waals surface area contributed by atoms with Crippen LogP contribution in [0.2, 0.25) is 0 Å². The Bertz CT molecular complexity index is 1160. The Hall–Kier alpha value is -4.19. The number of carboxylic acids is 2. The van der Waals surface area contributed by atoms with Crippen molar-refractivity contribution in [3.05, 3.63) is 54.2 Å². The second-order valence-corrected chi connectivity index (χ2v) is 7.84. The van der Waals surface area contributed by atoms with E-state index >= 15 is 0 Å². The number of para-hydroxylation sites is 1. The average molecular weight is 470 g/mol. The molecule has 180 valence electrons. The van der Waals surface area contributed by atoms with Crippen molar-refractivity contribution in [2.24, 2.45) is 5.73 Å². The zero-order valence-electron chi connectivity index (χ0n) is 18.2. The summed E-state index contributed by atoms with van der Waals surface area (Å²) in [5.41, 5.74) is 8.25. The van der Waals surface area contributed by atoms with E-state index in [1.54, 1.807) is 6.20 Å². The van der Waals surface area contributed by atoms with Gasteiger partial charge in [0.15, 0.2) is 0 Å². The van der Waals surface area contributed by atoms with Crippen LogP contribution in [0.25, 0.3) is 10.9 Å². The van der Waals surface area contributed by atoms with E-state index in [9.17, 15) is 24.3 Å². The quantitative estimate of drug-likeness (QED) is 0.190. The molecule has 2 amide bonds. The third-order valence-electron chi connectivity index (χ3n) is 5.32. The summed E-state index contributed by atoms with van der Waals surface area (Å²) in [4.78, 5) is 57.8. The summed E-state index contributed by atoms with van der Waals surface area (Å²) in [7, 11) is 0. The number of imidazole rings is 1. The van der Waals surface area contributed by atoms with Gasteiger partial charge in [-0.15, -0.1) is 0 Å². The van der Waals surface area contributed by atoms with Crippen LogP contribution in [0, 0.1) is 0 Å². The van der Waals surface area contributed by atoms with Crippen LogP contribution in [0.3, 0.4) is 0 Å². The van der Waals surface area contributed by atoms with Crippen LogP contribution < -0.4 is 16.4 Å². The minimum absolute atomic E-state index is 0.0687. The van der Waals surface area contributed by atoms with Crippen molar-refractivity contribution in [1.29, 1.82) is 0 Å². The number of nitrogens with one attached hydrogen (secondary N) is 4. The number of carbonyl (C=O) groups is 4. The number of aliphatic carboxylic acids is 2. The number of rotatable bonds is 12. The highest BCUT2D eigenvalue weighted by atomic mass is 16.4. The summed E-state index contributed by atoms with van der Waals surface area (Å²) in [6, 6.07) is 3.91. The molecule has 12 nitrogen and oxygen atoms in total. The highest BCUT2D eigenvalue weighted by molar-refractivity contribution is 5.92. The van der Waals surface area contributed by atoms with Crippen molar-refractivity contribution in [2.45, 2.75) is 43.8 Å². The number of hydrogen-bond donors (Lipinski definition) is 7. The second kappa shape index (κ2) is 11.1.